The summed E-state index contributed by atoms with van der Waals surface area (Å²) in [6.07, 6.45) is 0. The molecule has 6 N–H and O–H groups in total. The molecule has 0 radical (unpaired) electrons. The zero-order valence-corrected chi connectivity index (χ0v) is 14.2. The second-order valence-electron chi connectivity index (χ2n) is 5.24. The van der Waals surface area contributed by atoms with Crippen LogP contribution in [0.5, 0.6) is 11.5 Å². The fourth-order valence-corrected chi connectivity index (χ4v) is 2.15. The van der Waals surface area contributed by atoms with Gasteiger partial charge in [-0.3, -0.25) is 0 Å². The standard InChI is InChI=1S/C14H16N2O2.C4H10O/c1-7-3-9(5-11(15)13(7)17)10-4-8(2)14(18)12(16)6-10;1-3-5-4-2/h3-6,17-18H,15-16H2,1-2H3;3-4H2,1-2H3. The number of anilines is 2. The van der Waals surface area contributed by atoms with Crippen molar-refractivity contribution in [1.29, 1.82) is 0 Å². The lowest BCUT2D eigenvalue weighted by molar-refractivity contribution is 0.162. The van der Waals surface area contributed by atoms with Gasteiger partial charge in [-0.2, -0.15) is 0 Å². The smallest absolute Gasteiger partial charge is 0.141 e. The first kappa shape index (κ1) is 18.6. The van der Waals surface area contributed by atoms with Crippen molar-refractivity contribution in [3.05, 3.63) is 35.4 Å². The van der Waals surface area contributed by atoms with Crippen molar-refractivity contribution in [3.8, 4) is 22.6 Å². The first-order valence-corrected chi connectivity index (χ1v) is 7.58. The third-order valence-corrected chi connectivity index (χ3v) is 3.40. The van der Waals surface area contributed by atoms with Crippen molar-refractivity contribution in [3.63, 3.8) is 0 Å². The highest BCUT2D eigenvalue weighted by Crippen LogP contribution is 2.35. The van der Waals surface area contributed by atoms with E-state index in [2.05, 4.69) is 0 Å². The molecule has 0 heterocycles. The van der Waals surface area contributed by atoms with Crippen LogP contribution in [-0.2, 0) is 4.74 Å². The highest BCUT2D eigenvalue weighted by Gasteiger charge is 2.09. The molecule has 0 atom stereocenters. The lowest BCUT2D eigenvalue weighted by Crippen LogP contribution is -1.93. The zero-order chi connectivity index (χ0) is 17.6. The lowest BCUT2D eigenvalue weighted by atomic mass is 9.99. The van der Waals surface area contributed by atoms with Gasteiger partial charge >= 0.3 is 0 Å². The molecule has 2 aromatic carbocycles. The van der Waals surface area contributed by atoms with Gasteiger partial charge in [0.05, 0.1) is 11.4 Å². The molecular weight excluding hydrogens is 292 g/mol. The number of nitrogens with two attached hydrogens (primary N) is 2. The number of phenols is 2. The average molecular weight is 318 g/mol. The molecule has 0 saturated heterocycles. The van der Waals surface area contributed by atoms with Crippen molar-refractivity contribution in [2.45, 2.75) is 27.7 Å². The Labute approximate surface area is 137 Å². The summed E-state index contributed by atoms with van der Waals surface area (Å²) in [7, 11) is 0. The third kappa shape index (κ3) is 4.79. The fraction of sp³-hybridized carbons (Fsp3) is 0.333. The van der Waals surface area contributed by atoms with E-state index >= 15 is 0 Å². The van der Waals surface area contributed by atoms with Crippen LogP contribution in [0.1, 0.15) is 25.0 Å². The number of nitrogen functional groups attached to an aromatic ring is 2. The maximum Gasteiger partial charge on any atom is 0.141 e. The van der Waals surface area contributed by atoms with Crippen molar-refractivity contribution in [1.82, 2.24) is 0 Å². The molecule has 126 valence electrons. The van der Waals surface area contributed by atoms with Crippen molar-refractivity contribution in [2.24, 2.45) is 0 Å². The van der Waals surface area contributed by atoms with E-state index in [1.807, 2.05) is 26.0 Å². The van der Waals surface area contributed by atoms with E-state index < -0.39 is 0 Å². The van der Waals surface area contributed by atoms with Crippen LogP contribution in [0.25, 0.3) is 11.1 Å². The molecule has 0 fully saturated rings. The van der Waals surface area contributed by atoms with E-state index in [0.29, 0.717) is 22.5 Å². The van der Waals surface area contributed by atoms with Crippen LogP contribution >= 0.6 is 0 Å². The molecule has 0 bridgehead atoms. The minimum atomic E-state index is 0.0993. The predicted octanol–water partition coefficient (Wildman–Crippen LogP) is 3.59. The van der Waals surface area contributed by atoms with E-state index in [0.717, 1.165) is 24.3 Å². The number of phenolic OH excluding ortho intramolecular Hbond substituents is 2. The van der Waals surface area contributed by atoms with Crippen LogP contribution in [0.15, 0.2) is 24.3 Å². The van der Waals surface area contributed by atoms with Crippen LogP contribution in [0.4, 0.5) is 11.4 Å². The summed E-state index contributed by atoms with van der Waals surface area (Å²) in [5.74, 6) is 0.199. The van der Waals surface area contributed by atoms with E-state index in [4.69, 9.17) is 16.2 Å². The largest absolute Gasteiger partial charge is 0.506 e. The number of rotatable bonds is 3. The molecule has 0 spiro atoms. The molecule has 2 aromatic rings. The molecule has 0 aliphatic rings. The predicted molar refractivity (Wildman–Crippen MR) is 95.7 cm³/mol. The zero-order valence-electron chi connectivity index (χ0n) is 14.2. The highest BCUT2D eigenvalue weighted by molar-refractivity contribution is 5.77. The lowest BCUT2D eigenvalue weighted by Gasteiger charge is -2.11. The Kier molecular flexibility index (Phi) is 6.72. The van der Waals surface area contributed by atoms with Crippen LogP contribution < -0.4 is 11.5 Å². The van der Waals surface area contributed by atoms with Gasteiger partial charge in [0.2, 0.25) is 0 Å². The van der Waals surface area contributed by atoms with Crippen LogP contribution in [-0.4, -0.2) is 23.4 Å². The van der Waals surface area contributed by atoms with E-state index in [9.17, 15) is 10.2 Å². The second kappa shape index (κ2) is 8.29. The van der Waals surface area contributed by atoms with Gasteiger partial charge in [0.15, 0.2) is 0 Å². The second-order valence-corrected chi connectivity index (χ2v) is 5.24. The monoisotopic (exact) mass is 318 g/mol. The summed E-state index contributed by atoms with van der Waals surface area (Å²) in [4.78, 5) is 0. The summed E-state index contributed by atoms with van der Waals surface area (Å²) >= 11 is 0. The van der Waals surface area contributed by atoms with Gasteiger partial charge < -0.3 is 26.4 Å². The first-order valence-electron chi connectivity index (χ1n) is 7.58. The average Bonchev–Trinajstić information content (AvgIpc) is 2.50. The van der Waals surface area contributed by atoms with Gasteiger partial charge in [-0.05, 0) is 74.2 Å². The van der Waals surface area contributed by atoms with Crippen LogP contribution in [0.2, 0.25) is 0 Å². The molecule has 5 nitrogen and oxygen atoms in total. The minimum Gasteiger partial charge on any atom is -0.506 e. The van der Waals surface area contributed by atoms with Crippen LogP contribution in [0.3, 0.4) is 0 Å². The number of aromatic hydroxyl groups is 2. The Bertz CT molecular complexity index is 566. The molecule has 23 heavy (non-hydrogen) atoms. The van der Waals surface area contributed by atoms with E-state index in [1.54, 1.807) is 26.0 Å². The van der Waals surface area contributed by atoms with E-state index in [-0.39, 0.29) is 11.5 Å². The maximum absolute atomic E-state index is 9.64. The minimum absolute atomic E-state index is 0.0993. The Morgan fingerprint density at radius 2 is 1.13 bits per heavy atom. The number of hydrogen-bond donors (Lipinski definition) is 4. The normalized spacial score (nSPS) is 10.1. The Morgan fingerprint density at radius 3 is 1.35 bits per heavy atom. The van der Waals surface area contributed by atoms with Crippen molar-refractivity contribution < 1.29 is 14.9 Å². The number of benzene rings is 2. The summed E-state index contributed by atoms with van der Waals surface area (Å²) in [5, 5.41) is 19.3. The molecular formula is C18H26N2O3. The van der Waals surface area contributed by atoms with E-state index in [1.165, 1.54) is 0 Å². The van der Waals surface area contributed by atoms with Gasteiger partial charge in [0.1, 0.15) is 11.5 Å². The fourth-order valence-electron chi connectivity index (χ4n) is 2.15. The third-order valence-electron chi connectivity index (χ3n) is 3.40. The van der Waals surface area contributed by atoms with Crippen LogP contribution in [0, 0.1) is 13.8 Å². The molecule has 5 heteroatoms. The quantitative estimate of drug-likeness (QED) is 0.512. The topological polar surface area (TPSA) is 102 Å². The molecule has 0 unspecified atom stereocenters. The molecule has 0 amide bonds. The first-order chi connectivity index (χ1) is 10.8. The molecule has 0 aromatic heterocycles. The Balaban J connectivity index is 0.000000463. The number of ether oxygens (including phenoxy) is 1. The van der Waals surface area contributed by atoms with Gasteiger partial charge in [-0.25, -0.2) is 0 Å². The SMILES string of the molecule is CCOCC.Cc1cc(-c2cc(C)c(O)c(N)c2)cc(N)c1O. The number of aryl methyl sites for hydroxylation is 2. The van der Waals surface area contributed by atoms with Crippen molar-refractivity contribution >= 4 is 11.4 Å². The molecule has 0 aliphatic carbocycles. The summed E-state index contributed by atoms with van der Waals surface area (Å²) < 4.78 is 4.83. The highest BCUT2D eigenvalue weighted by atomic mass is 16.5. The Morgan fingerprint density at radius 1 is 0.783 bits per heavy atom. The maximum atomic E-state index is 9.64. The molecule has 2 rings (SSSR count). The van der Waals surface area contributed by atoms with Gasteiger partial charge in [-0.15, -0.1) is 0 Å². The molecule has 0 saturated carbocycles. The van der Waals surface area contributed by atoms with Crippen molar-refractivity contribution in [2.75, 3.05) is 24.7 Å². The summed E-state index contributed by atoms with van der Waals surface area (Å²) in [6.45, 7) is 9.23. The van der Waals surface area contributed by atoms with Gasteiger partial charge in [-0.1, -0.05) is 0 Å². The Hall–Kier alpha value is -2.40. The number of hydrogen-bond acceptors (Lipinski definition) is 5. The van der Waals surface area contributed by atoms with Gasteiger partial charge in [0, 0.05) is 13.2 Å². The summed E-state index contributed by atoms with van der Waals surface area (Å²) in [5.41, 5.74) is 15.2. The molecule has 0 aliphatic heterocycles. The van der Waals surface area contributed by atoms with Gasteiger partial charge in [0.25, 0.3) is 0 Å². The summed E-state index contributed by atoms with van der Waals surface area (Å²) in [6, 6.07) is 7.04.